The van der Waals surface area contributed by atoms with Crippen molar-refractivity contribution in [2.45, 2.75) is 45.6 Å². The topological polar surface area (TPSA) is 66.5 Å². The molecule has 0 saturated carbocycles. The summed E-state index contributed by atoms with van der Waals surface area (Å²) in [5.41, 5.74) is 1.84. The van der Waals surface area contributed by atoms with Gasteiger partial charge in [0.15, 0.2) is 0 Å². The Hall–Kier alpha value is -2.17. The van der Waals surface area contributed by atoms with Crippen molar-refractivity contribution in [1.82, 2.24) is 10.2 Å². The van der Waals surface area contributed by atoms with E-state index in [1.807, 2.05) is 36.1 Å². The number of nitrogens with one attached hydrogen (secondary N) is 1. The van der Waals surface area contributed by atoms with E-state index in [1.165, 1.54) is 6.92 Å². The van der Waals surface area contributed by atoms with Gasteiger partial charge in [0.1, 0.15) is 5.78 Å². The summed E-state index contributed by atoms with van der Waals surface area (Å²) in [6.07, 6.45) is 2.04. The Labute approximate surface area is 137 Å². The van der Waals surface area contributed by atoms with E-state index in [9.17, 15) is 14.4 Å². The first-order valence-corrected chi connectivity index (χ1v) is 8.10. The molecule has 1 aliphatic heterocycles. The minimum Gasteiger partial charge on any atom is -0.353 e. The second kappa shape index (κ2) is 7.90. The van der Waals surface area contributed by atoms with Crippen LogP contribution < -0.4 is 5.32 Å². The number of ketones is 1. The molecule has 0 aliphatic carbocycles. The monoisotopic (exact) mass is 316 g/mol. The molecule has 1 aromatic rings. The van der Waals surface area contributed by atoms with Crippen LogP contribution >= 0.6 is 0 Å². The lowest BCUT2D eigenvalue weighted by molar-refractivity contribution is -0.125. The van der Waals surface area contributed by atoms with Crippen LogP contribution in [0, 0.1) is 6.92 Å². The van der Waals surface area contributed by atoms with Crippen LogP contribution in [0.2, 0.25) is 0 Å². The van der Waals surface area contributed by atoms with E-state index in [4.69, 9.17) is 0 Å². The molecule has 1 N–H and O–H groups in total. The quantitative estimate of drug-likeness (QED) is 0.904. The average Bonchev–Trinajstić information content (AvgIpc) is 2.54. The molecule has 1 aliphatic rings. The molecule has 1 heterocycles. The molecule has 0 unspecified atom stereocenters. The lowest BCUT2D eigenvalue weighted by atomic mass is 10.0. The van der Waals surface area contributed by atoms with E-state index in [1.54, 1.807) is 0 Å². The third-order valence-electron chi connectivity index (χ3n) is 4.15. The number of Topliss-reactive ketones (excluding diaryl/α,β-unsaturated/α-hetero) is 1. The molecule has 5 heteroatoms. The Morgan fingerprint density at radius 3 is 2.26 bits per heavy atom. The van der Waals surface area contributed by atoms with E-state index in [2.05, 4.69) is 5.32 Å². The van der Waals surface area contributed by atoms with E-state index >= 15 is 0 Å². The fraction of sp³-hybridized carbons (Fsp3) is 0.500. The van der Waals surface area contributed by atoms with Gasteiger partial charge in [0.25, 0.3) is 5.91 Å². The lowest BCUT2D eigenvalue weighted by Crippen LogP contribution is -2.46. The Morgan fingerprint density at radius 2 is 1.70 bits per heavy atom. The molecule has 0 bridgehead atoms. The first kappa shape index (κ1) is 17.2. The highest BCUT2D eigenvalue weighted by atomic mass is 16.2. The largest absolute Gasteiger partial charge is 0.353 e. The molecule has 23 heavy (non-hydrogen) atoms. The summed E-state index contributed by atoms with van der Waals surface area (Å²) >= 11 is 0. The maximum Gasteiger partial charge on any atom is 0.253 e. The highest BCUT2D eigenvalue weighted by molar-refractivity contribution is 5.94. The maximum absolute atomic E-state index is 12.4. The summed E-state index contributed by atoms with van der Waals surface area (Å²) in [6, 6.07) is 7.68. The van der Waals surface area contributed by atoms with Crippen molar-refractivity contribution in [2.24, 2.45) is 0 Å². The number of piperidine rings is 1. The Morgan fingerprint density at radius 1 is 1.09 bits per heavy atom. The summed E-state index contributed by atoms with van der Waals surface area (Å²) in [5, 5.41) is 2.95. The molecular formula is C18H24N2O3. The molecule has 1 fully saturated rings. The van der Waals surface area contributed by atoms with Crippen molar-refractivity contribution in [3.05, 3.63) is 35.4 Å². The van der Waals surface area contributed by atoms with Crippen molar-refractivity contribution in [2.75, 3.05) is 13.1 Å². The van der Waals surface area contributed by atoms with Crippen LogP contribution in [-0.4, -0.2) is 41.6 Å². The van der Waals surface area contributed by atoms with E-state index in [-0.39, 0.29) is 36.5 Å². The maximum atomic E-state index is 12.4. The molecular weight excluding hydrogens is 292 g/mol. The summed E-state index contributed by atoms with van der Waals surface area (Å²) in [4.78, 5) is 36.9. The van der Waals surface area contributed by atoms with Gasteiger partial charge in [-0.1, -0.05) is 17.7 Å². The van der Waals surface area contributed by atoms with Crippen molar-refractivity contribution in [1.29, 1.82) is 0 Å². The number of benzene rings is 1. The Balaban J connectivity index is 1.79. The molecule has 2 rings (SSSR count). The SMILES string of the molecule is CC(=O)CCC(=O)NC1CCN(C(=O)c2ccc(C)cc2)CC1. The number of likely N-dealkylation sites (tertiary alicyclic amines) is 1. The van der Waals surface area contributed by atoms with Crippen LogP contribution in [0.3, 0.4) is 0 Å². The predicted octanol–water partition coefficient (Wildman–Crippen LogP) is 2.09. The lowest BCUT2D eigenvalue weighted by Gasteiger charge is -2.32. The molecule has 1 saturated heterocycles. The Bertz CT molecular complexity index is 572. The predicted molar refractivity (Wildman–Crippen MR) is 88.2 cm³/mol. The molecule has 5 nitrogen and oxygen atoms in total. The molecule has 0 spiro atoms. The number of amides is 2. The minimum absolute atomic E-state index is 0.0265. The van der Waals surface area contributed by atoms with Gasteiger partial charge in [-0.2, -0.15) is 0 Å². The summed E-state index contributed by atoms with van der Waals surface area (Å²) < 4.78 is 0. The fourth-order valence-corrected chi connectivity index (χ4v) is 2.70. The fourth-order valence-electron chi connectivity index (χ4n) is 2.70. The van der Waals surface area contributed by atoms with Crippen LogP contribution in [0.5, 0.6) is 0 Å². The first-order chi connectivity index (χ1) is 11.0. The van der Waals surface area contributed by atoms with Crippen LogP contribution in [0.25, 0.3) is 0 Å². The van der Waals surface area contributed by atoms with Gasteiger partial charge in [0, 0.05) is 37.5 Å². The number of carbonyl (C=O) groups excluding carboxylic acids is 3. The number of nitrogens with zero attached hydrogens (tertiary/aromatic N) is 1. The zero-order chi connectivity index (χ0) is 16.8. The molecule has 0 radical (unpaired) electrons. The smallest absolute Gasteiger partial charge is 0.253 e. The Kier molecular flexibility index (Phi) is 5.90. The van der Waals surface area contributed by atoms with Gasteiger partial charge in [-0.05, 0) is 38.8 Å². The normalized spacial score (nSPS) is 15.3. The van der Waals surface area contributed by atoms with Crippen molar-refractivity contribution in [3.8, 4) is 0 Å². The summed E-state index contributed by atoms with van der Waals surface area (Å²) in [5.74, 6) is -0.00599. The molecule has 124 valence electrons. The van der Waals surface area contributed by atoms with Crippen molar-refractivity contribution < 1.29 is 14.4 Å². The first-order valence-electron chi connectivity index (χ1n) is 8.10. The second-order valence-corrected chi connectivity index (χ2v) is 6.20. The average molecular weight is 316 g/mol. The van der Waals surface area contributed by atoms with E-state index in [0.29, 0.717) is 18.7 Å². The van der Waals surface area contributed by atoms with Crippen molar-refractivity contribution >= 4 is 17.6 Å². The number of hydrogen-bond acceptors (Lipinski definition) is 3. The number of aryl methyl sites for hydroxylation is 1. The van der Waals surface area contributed by atoms with Gasteiger partial charge in [-0.3, -0.25) is 9.59 Å². The van der Waals surface area contributed by atoms with Gasteiger partial charge in [0.05, 0.1) is 0 Å². The van der Waals surface area contributed by atoms with Crippen LogP contribution in [0.1, 0.15) is 48.5 Å². The minimum atomic E-state index is -0.0801. The van der Waals surface area contributed by atoms with Crippen LogP contribution in [0.15, 0.2) is 24.3 Å². The van der Waals surface area contributed by atoms with Gasteiger partial charge >= 0.3 is 0 Å². The molecule has 0 aromatic heterocycles. The third kappa shape index (κ3) is 5.20. The van der Waals surface area contributed by atoms with Crippen LogP contribution in [-0.2, 0) is 9.59 Å². The highest BCUT2D eigenvalue weighted by Crippen LogP contribution is 2.15. The van der Waals surface area contributed by atoms with Gasteiger partial charge in [-0.15, -0.1) is 0 Å². The summed E-state index contributed by atoms with van der Waals surface area (Å²) in [7, 11) is 0. The third-order valence-corrected chi connectivity index (χ3v) is 4.15. The number of rotatable bonds is 5. The zero-order valence-corrected chi connectivity index (χ0v) is 13.8. The van der Waals surface area contributed by atoms with Crippen molar-refractivity contribution in [3.63, 3.8) is 0 Å². The number of hydrogen-bond donors (Lipinski definition) is 1. The van der Waals surface area contributed by atoms with E-state index in [0.717, 1.165) is 18.4 Å². The van der Waals surface area contributed by atoms with E-state index < -0.39 is 0 Å². The number of carbonyl (C=O) groups is 3. The van der Waals surface area contributed by atoms with Gasteiger partial charge in [-0.25, -0.2) is 0 Å². The zero-order valence-electron chi connectivity index (χ0n) is 13.8. The molecule has 2 amide bonds. The summed E-state index contributed by atoms with van der Waals surface area (Å²) in [6.45, 7) is 4.77. The van der Waals surface area contributed by atoms with Crippen LogP contribution in [0.4, 0.5) is 0 Å². The van der Waals surface area contributed by atoms with Gasteiger partial charge in [0.2, 0.25) is 5.91 Å². The van der Waals surface area contributed by atoms with Gasteiger partial charge < -0.3 is 15.0 Å². The second-order valence-electron chi connectivity index (χ2n) is 6.20. The molecule has 1 aromatic carbocycles. The molecule has 0 atom stereocenters. The highest BCUT2D eigenvalue weighted by Gasteiger charge is 2.24. The standard InChI is InChI=1S/C18H24N2O3/c1-13-3-6-15(7-4-13)18(23)20-11-9-16(10-12-20)19-17(22)8-5-14(2)21/h3-4,6-7,16H,5,8-12H2,1-2H3,(H,19,22).